The summed E-state index contributed by atoms with van der Waals surface area (Å²) in [7, 11) is 1.61. The van der Waals surface area contributed by atoms with Crippen LogP contribution < -0.4 is 9.64 Å². The van der Waals surface area contributed by atoms with Gasteiger partial charge >= 0.3 is 0 Å². The first kappa shape index (κ1) is 15.3. The van der Waals surface area contributed by atoms with Gasteiger partial charge in [-0.25, -0.2) is 0 Å². The molecule has 1 aliphatic heterocycles. The molecule has 25 heavy (non-hydrogen) atoms. The number of hydrogen-bond acceptors (Lipinski definition) is 6. The van der Waals surface area contributed by atoms with Crippen LogP contribution in [0.4, 0.5) is 5.69 Å². The van der Waals surface area contributed by atoms with E-state index in [1.165, 1.54) is 0 Å². The average Bonchev–Trinajstić information content (AvgIpc) is 3.29. The molecule has 0 N–H and O–H groups in total. The summed E-state index contributed by atoms with van der Waals surface area (Å²) in [6, 6.07) is 12.9. The SMILES string of the molecule is COc1ccc(N2CC(c3noc(-c4ccccn4)n3)CC2=O)cc1. The molecular formula is C18H16N4O3. The number of methoxy groups -OCH3 is 1. The van der Waals surface area contributed by atoms with Crippen LogP contribution in [0.5, 0.6) is 5.75 Å². The highest BCUT2D eigenvalue weighted by atomic mass is 16.5. The Morgan fingerprint density at radius 2 is 2.04 bits per heavy atom. The lowest BCUT2D eigenvalue weighted by Crippen LogP contribution is -2.24. The molecule has 7 nitrogen and oxygen atoms in total. The second-order valence-corrected chi connectivity index (χ2v) is 5.78. The molecule has 3 aromatic rings. The van der Waals surface area contributed by atoms with Gasteiger partial charge in [-0.1, -0.05) is 11.2 Å². The maximum Gasteiger partial charge on any atom is 0.276 e. The van der Waals surface area contributed by atoms with Crippen molar-refractivity contribution in [3.8, 4) is 17.3 Å². The van der Waals surface area contributed by atoms with Gasteiger partial charge in [0.15, 0.2) is 5.82 Å². The molecule has 1 saturated heterocycles. The summed E-state index contributed by atoms with van der Waals surface area (Å²) in [4.78, 5) is 22.7. The van der Waals surface area contributed by atoms with Gasteiger partial charge in [0, 0.05) is 30.8 Å². The molecule has 0 saturated carbocycles. The summed E-state index contributed by atoms with van der Waals surface area (Å²) < 4.78 is 10.5. The summed E-state index contributed by atoms with van der Waals surface area (Å²) >= 11 is 0. The normalized spacial score (nSPS) is 17.1. The lowest BCUT2D eigenvalue weighted by atomic mass is 10.1. The van der Waals surface area contributed by atoms with E-state index in [9.17, 15) is 4.79 Å². The van der Waals surface area contributed by atoms with Crippen molar-refractivity contribution in [2.24, 2.45) is 0 Å². The first-order valence-electron chi connectivity index (χ1n) is 7.94. The van der Waals surface area contributed by atoms with Gasteiger partial charge < -0.3 is 14.2 Å². The van der Waals surface area contributed by atoms with Crippen LogP contribution in [0.3, 0.4) is 0 Å². The minimum absolute atomic E-state index is 0.0411. The third-order valence-electron chi connectivity index (χ3n) is 4.20. The van der Waals surface area contributed by atoms with Crippen LogP contribution in [0.25, 0.3) is 11.6 Å². The highest BCUT2D eigenvalue weighted by Gasteiger charge is 2.34. The van der Waals surface area contributed by atoms with E-state index in [1.807, 2.05) is 36.4 Å². The van der Waals surface area contributed by atoms with Crippen LogP contribution >= 0.6 is 0 Å². The molecule has 1 amide bonds. The van der Waals surface area contributed by atoms with E-state index in [0.29, 0.717) is 30.4 Å². The zero-order chi connectivity index (χ0) is 17.2. The van der Waals surface area contributed by atoms with E-state index in [0.717, 1.165) is 11.4 Å². The van der Waals surface area contributed by atoms with E-state index in [1.54, 1.807) is 24.3 Å². The average molecular weight is 336 g/mol. The standard InChI is InChI=1S/C18H16N4O3/c1-24-14-7-5-13(6-8-14)22-11-12(10-16(22)23)17-20-18(25-21-17)15-4-2-3-9-19-15/h2-9,12H,10-11H2,1H3. The summed E-state index contributed by atoms with van der Waals surface area (Å²) in [5.41, 5.74) is 1.46. The number of aromatic nitrogens is 3. The Morgan fingerprint density at radius 1 is 1.20 bits per heavy atom. The lowest BCUT2D eigenvalue weighted by Gasteiger charge is -2.16. The summed E-state index contributed by atoms with van der Waals surface area (Å²) in [5, 5.41) is 4.04. The predicted molar refractivity (Wildman–Crippen MR) is 90.2 cm³/mol. The molecule has 7 heteroatoms. The van der Waals surface area contributed by atoms with E-state index >= 15 is 0 Å². The van der Waals surface area contributed by atoms with Gasteiger partial charge in [0.05, 0.1) is 7.11 Å². The van der Waals surface area contributed by atoms with Gasteiger partial charge in [-0.3, -0.25) is 9.78 Å². The van der Waals surface area contributed by atoms with Crippen molar-refractivity contribution in [2.45, 2.75) is 12.3 Å². The van der Waals surface area contributed by atoms with E-state index in [-0.39, 0.29) is 11.8 Å². The van der Waals surface area contributed by atoms with Gasteiger partial charge in [-0.2, -0.15) is 4.98 Å². The minimum Gasteiger partial charge on any atom is -0.497 e. The van der Waals surface area contributed by atoms with Gasteiger partial charge in [-0.05, 0) is 36.4 Å². The lowest BCUT2D eigenvalue weighted by molar-refractivity contribution is -0.117. The fourth-order valence-electron chi connectivity index (χ4n) is 2.89. The monoisotopic (exact) mass is 336 g/mol. The van der Waals surface area contributed by atoms with Crippen LogP contribution in [-0.2, 0) is 4.79 Å². The summed E-state index contributed by atoms with van der Waals surface area (Å²) in [6.07, 6.45) is 2.02. The first-order valence-corrected chi connectivity index (χ1v) is 7.94. The molecule has 3 heterocycles. The molecule has 1 aliphatic rings. The molecule has 1 atom stereocenters. The number of carbonyl (C=O) groups excluding carboxylic acids is 1. The number of pyridine rings is 1. The van der Waals surface area contributed by atoms with Gasteiger partial charge in [-0.15, -0.1) is 0 Å². The molecule has 0 radical (unpaired) electrons. The summed E-state index contributed by atoms with van der Waals surface area (Å²) in [5.74, 6) is 1.59. The van der Waals surface area contributed by atoms with E-state index in [4.69, 9.17) is 9.26 Å². The Labute approximate surface area is 144 Å². The molecule has 4 rings (SSSR count). The van der Waals surface area contributed by atoms with Crippen molar-refractivity contribution in [1.29, 1.82) is 0 Å². The van der Waals surface area contributed by atoms with Crippen molar-refractivity contribution in [1.82, 2.24) is 15.1 Å². The van der Waals surface area contributed by atoms with Crippen LogP contribution in [-0.4, -0.2) is 34.7 Å². The fourth-order valence-corrected chi connectivity index (χ4v) is 2.89. The van der Waals surface area contributed by atoms with Crippen molar-refractivity contribution >= 4 is 11.6 Å². The fraction of sp³-hybridized carbons (Fsp3) is 0.222. The number of ether oxygens (including phenoxy) is 1. The molecule has 126 valence electrons. The minimum atomic E-state index is -0.101. The highest BCUT2D eigenvalue weighted by molar-refractivity contribution is 5.96. The van der Waals surface area contributed by atoms with Crippen LogP contribution in [0.2, 0.25) is 0 Å². The highest BCUT2D eigenvalue weighted by Crippen LogP contribution is 2.32. The number of carbonyl (C=O) groups is 1. The molecular weight excluding hydrogens is 320 g/mol. The number of anilines is 1. The second kappa shape index (κ2) is 6.35. The van der Waals surface area contributed by atoms with Crippen molar-refractivity contribution in [3.63, 3.8) is 0 Å². The Bertz CT molecular complexity index is 877. The van der Waals surface area contributed by atoms with Crippen molar-refractivity contribution in [2.75, 3.05) is 18.6 Å². The molecule has 0 bridgehead atoms. The molecule has 1 aromatic carbocycles. The molecule has 1 fully saturated rings. The van der Waals surface area contributed by atoms with Crippen molar-refractivity contribution < 1.29 is 14.1 Å². The largest absolute Gasteiger partial charge is 0.497 e. The molecule has 2 aromatic heterocycles. The van der Waals surface area contributed by atoms with Crippen LogP contribution in [0.1, 0.15) is 18.2 Å². The molecule has 0 aliphatic carbocycles. The second-order valence-electron chi connectivity index (χ2n) is 5.78. The van der Waals surface area contributed by atoms with Crippen LogP contribution in [0, 0.1) is 0 Å². The quantitative estimate of drug-likeness (QED) is 0.728. The van der Waals surface area contributed by atoms with Gasteiger partial charge in [0.2, 0.25) is 5.91 Å². The number of hydrogen-bond donors (Lipinski definition) is 0. The summed E-state index contributed by atoms with van der Waals surface area (Å²) in [6.45, 7) is 0.520. The maximum atomic E-state index is 12.4. The molecule has 0 spiro atoms. The zero-order valence-electron chi connectivity index (χ0n) is 13.6. The number of amides is 1. The Hall–Kier alpha value is -3.22. The van der Waals surface area contributed by atoms with Crippen LogP contribution in [0.15, 0.2) is 53.2 Å². The topological polar surface area (TPSA) is 81.3 Å². The molecule has 1 unspecified atom stereocenters. The Kier molecular flexibility index (Phi) is 3.89. The van der Waals surface area contributed by atoms with E-state index < -0.39 is 0 Å². The number of nitrogens with zero attached hydrogens (tertiary/aromatic N) is 4. The van der Waals surface area contributed by atoms with Crippen molar-refractivity contribution in [3.05, 3.63) is 54.5 Å². The third kappa shape index (κ3) is 2.96. The maximum absolute atomic E-state index is 12.4. The van der Waals surface area contributed by atoms with Gasteiger partial charge in [0.25, 0.3) is 5.89 Å². The van der Waals surface area contributed by atoms with E-state index in [2.05, 4.69) is 15.1 Å². The zero-order valence-corrected chi connectivity index (χ0v) is 13.6. The Balaban J connectivity index is 1.53. The predicted octanol–water partition coefficient (Wildman–Crippen LogP) is 2.66. The first-order chi connectivity index (χ1) is 12.2. The van der Waals surface area contributed by atoms with Gasteiger partial charge in [0.1, 0.15) is 11.4 Å². The third-order valence-corrected chi connectivity index (χ3v) is 4.20. The number of benzene rings is 1. The smallest absolute Gasteiger partial charge is 0.276 e. The Morgan fingerprint density at radius 3 is 2.76 bits per heavy atom. The number of rotatable bonds is 4.